The molecule has 3 aromatic rings. The predicted molar refractivity (Wildman–Crippen MR) is 113 cm³/mol. The predicted octanol–water partition coefficient (Wildman–Crippen LogP) is 4.84. The number of nitrogens with one attached hydrogen (secondary N) is 1. The van der Waals surface area contributed by atoms with E-state index < -0.39 is 0 Å². The Hall–Kier alpha value is -2.22. The summed E-state index contributed by atoms with van der Waals surface area (Å²) in [6.07, 6.45) is 0. The van der Waals surface area contributed by atoms with E-state index in [2.05, 4.69) is 29.0 Å². The normalized spacial score (nSPS) is 10.9. The molecule has 0 aliphatic heterocycles. The lowest BCUT2D eigenvalue weighted by atomic mass is 10.3. The number of carbonyl (C=O) groups excluding carboxylic acids is 1. The van der Waals surface area contributed by atoms with E-state index >= 15 is 0 Å². The highest BCUT2D eigenvalue weighted by atomic mass is 32.1. The second-order valence-electron chi connectivity index (χ2n) is 5.88. The Balaban J connectivity index is 1.64. The molecule has 1 amide bonds. The SMILES string of the molecule is CCN(CC)CCOc1ccccc1NC(=O)c1csc(-c2ccsc2)n1. The zero-order valence-corrected chi connectivity index (χ0v) is 17.1. The Morgan fingerprint density at radius 2 is 2.00 bits per heavy atom. The molecule has 0 atom stereocenters. The minimum Gasteiger partial charge on any atom is -0.490 e. The van der Waals surface area contributed by atoms with E-state index in [9.17, 15) is 4.79 Å². The largest absolute Gasteiger partial charge is 0.490 e. The van der Waals surface area contributed by atoms with Gasteiger partial charge in [-0.25, -0.2) is 4.98 Å². The molecule has 2 heterocycles. The molecule has 1 N–H and O–H groups in total. The van der Waals surface area contributed by atoms with Gasteiger partial charge in [0.1, 0.15) is 23.1 Å². The van der Waals surface area contributed by atoms with Crippen molar-refractivity contribution < 1.29 is 9.53 Å². The third-order valence-corrected chi connectivity index (χ3v) is 5.77. The molecule has 1 aromatic carbocycles. The van der Waals surface area contributed by atoms with Crippen molar-refractivity contribution in [1.82, 2.24) is 9.88 Å². The summed E-state index contributed by atoms with van der Waals surface area (Å²) in [6, 6.07) is 9.50. The standard InChI is InChI=1S/C20H23N3O2S2/c1-3-23(4-2)10-11-25-18-8-6-5-7-16(18)21-19(24)17-14-27-20(22-17)15-9-12-26-13-15/h5-9,12-14H,3-4,10-11H2,1-2H3,(H,21,24). The maximum atomic E-state index is 12.6. The second kappa shape index (κ2) is 9.64. The highest BCUT2D eigenvalue weighted by Crippen LogP contribution is 2.27. The van der Waals surface area contributed by atoms with Crippen LogP contribution in [0.1, 0.15) is 24.3 Å². The Bertz CT molecular complexity index is 858. The Morgan fingerprint density at radius 3 is 2.74 bits per heavy atom. The first-order valence-corrected chi connectivity index (χ1v) is 10.8. The van der Waals surface area contributed by atoms with Gasteiger partial charge in [0, 0.05) is 22.9 Å². The molecule has 0 radical (unpaired) electrons. The van der Waals surface area contributed by atoms with E-state index in [1.165, 1.54) is 11.3 Å². The summed E-state index contributed by atoms with van der Waals surface area (Å²) >= 11 is 3.09. The lowest BCUT2D eigenvalue weighted by Crippen LogP contribution is -2.28. The van der Waals surface area contributed by atoms with Crippen LogP contribution in [0, 0.1) is 0 Å². The van der Waals surface area contributed by atoms with Gasteiger partial charge in [0.2, 0.25) is 0 Å². The van der Waals surface area contributed by atoms with Crippen LogP contribution in [-0.4, -0.2) is 42.0 Å². The maximum absolute atomic E-state index is 12.6. The van der Waals surface area contributed by atoms with E-state index in [1.807, 2.05) is 41.1 Å². The molecule has 0 aliphatic rings. The molecule has 27 heavy (non-hydrogen) atoms. The zero-order valence-electron chi connectivity index (χ0n) is 15.5. The molecule has 0 fully saturated rings. The van der Waals surface area contributed by atoms with Crippen LogP contribution in [0.25, 0.3) is 10.6 Å². The Morgan fingerprint density at radius 1 is 1.19 bits per heavy atom. The third kappa shape index (κ3) is 5.15. The second-order valence-corrected chi connectivity index (χ2v) is 7.51. The van der Waals surface area contributed by atoms with Crippen LogP contribution in [0.3, 0.4) is 0 Å². The van der Waals surface area contributed by atoms with E-state index in [4.69, 9.17) is 4.74 Å². The van der Waals surface area contributed by atoms with Gasteiger partial charge in [0.15, 0.2) is 0 Å². The van der Waals surface area contributed by atoms with Gasteiger partial charge in [0.05, 0.1) is 5.69 Å². The van der Waals surface area contributed by atoms with Crippen molar-refractivity contribution in [3.63, 3.8) is 0 Å². The number of amides is 1. The highest BCUT2D eigenvalue weighted by molar-refractivity contribution is 7.14. The van der Waals surface area contributed by atoms with Crippen molar-refractivity contribution in [1.29, 1.82) is 0 Å². The van der Waals surface area contributed by atoms with Crippen LogP contribution < -0.4 is 10.1 Å². The molecule has 2 aromatic heterocycles. The number of thiazole rings is 1. The molecule has 7 heteroatoms. The van der Waals surface area contributed by atoms with Gasteiger partial charge < -0.3 is 15.0 Å². The zero-order chi connectivity index (χ0) is 19.1. The number of ether oxygens (including phenoxy) is 1. The van der Waals surface area contributed by atoms with Crippen LogP contribution in [-0.2, 0) is 0 Å². The monoisotopic (exact) mass is 401 g/mol. The van der Waals surface area contributed by atoms with E-state index in [0.29, 0.717) is 23.7 Å². The van der Waals surface area contributed by atoms with Crippen molar-refractivity contribution in [2.75, 3.05) is 31.6 Å². The van der Waals surface area contributed by atoms with Gasteiger partial charge >= 0.3 is 0 Å². The van der Waals surface area contributed by atoms with E-state index in [1.54, 1.807) is 16.7 Å². The number of likely N-dealkylation sites (N-methyl/N-ethyl adjacent to an activating group) is 1. The summed E-state index contributed by atoms with van der Waals surface area (Å²) in [6.45, 7) is 7.69. The first-order valence-electron chi connectivity index (χ1n) is 8.94. The molecule has 0 bridgehead atoms. The van der Waals surface area contributed by atoms with Crippen molar-refractivity contribution in [3.8, 4) is 16.3 Å². The van der Waals surface area contributed by atoms with Gasteiger partial charge in [-0.2, -0.15) is 11.3 Å². The number of para-hydroxylation sites is 2. The molecule has 0 saturated carbocycles. The lowest BCUT2D eigenvalue weighted by molar-refractivity contribution is 0.102. The summed E-state index contributed by atoms with van der Waals surface area (Å²) in [4.78, 5) is 19.3. The smallest absolute Gasteiger partial charge is 0.275 e. The van der Waals surface area contributed by atoms with Crippen molar-refractivity contribution in [2.45, 2.75) is 13.8 Å². The summed E-state index contributed by atoms with van der Waals surface area (Å²) in [7, 11) is 0. The van der Waals surface area contributed by atoms with E-state index in [0.717, 1.165) is 30.2 Å². The number of anilines is 1. The lowest BCUT2D eigenvalue weighted by Gasteiger charge is -2.19. The number of hydrogen-bond acceptors (Lipinski definition) is 6. The molecule has 0 saturated heterocycles. The molecule has 0 spiro atoms. The average Bonchev–Trinajstić information content (AvgIpc) is 3.37. The van der Waals surface area contributed by atoms with Crippen LogP contribution in [0.2, 0.25) is 0 Å². The van der Waals surface area contributed by atoms with Crippen LogP contribution >= 0.6 is 22.7 Å². The van der Waals surface area contributed by atoms with Gasteiger partial charge in [-0.3, -0.25) is 4.79 Å². The Labute approximate surface area is 167 Å². The molecular weight excluding hydrogens is 378 g/mol. The number of benzene rings is 1. The number of carbonyl (C=O) groups is 1. The van der Waals surface area contributed by atoms with Crippen LogP contribution in [0.15, 0.2) is 46.5 Å². The fraction of sp³-hybridized carbons (Fsp3) is 0.300. The topological polar surface area (TPSA) is 54.5 Å². The molecule has 0 aliphatic carbocycles. The van der Waals surface area contributed by atoms with Crippen molar-refractivity contribution >= 4 is 34.3 Å². The molecule has 5 nitrogen and oxygen atoms in total. The molecule has 0 unspecified atom stereocenters. The minimum absolute atomic E-state index is 0.229. The van der Waals surface area contributed by atoms with Crippen molar-refractivity contribution in [2.24, 2.45) is 0 Å². The quantitative estimate of drug-likeness (QED) is 0.557. The fourth-order valence-corrected chi connectivity index (χ4v) is 4.12. The fourth-order valence-electron chi connectivity index (χ4n) is 2.60. The first-order chi connectivity index (χ1) is 13.2. The molecule has 142 valence electrons. The third-order valence-electron chi connectivity index (χ3n) is 4.20. The number of thiophene rings is 1. The summed E-state index contributed by atoms with van der Waals surface area (Å²) in [5.41, 5.74) is 2.12. The van der Waals surface area contributed by atoms with Crippen LogP contribution in [0.4, 0.5) is 5.69 Å². The van der Waals surface area contributed by atoms with Crippen LogP contribution in [0.5, 0.6) is 5.75 Å². The number of rotatable bonds is 9. The van der Waals surface area contributed by atoms with Crippen molar-refractivity contribution in [3.05, 3.63) is 52.2 Å². The number of aromatic nitrogens is 1. The highest BCUT2D eigenvalue weighted by Gasteiger charge is 2.14. The molecular formula is C20H23N3O2S2. The average molecular weight is 402 g/mol. The number of hydrogen-bond donors (Lipinski definition) is 1. The molecule has 3 rings (SSSR count). The van der Waals surface area contributed by atoms with Gasteiger partial charge in [0.25, 0.3) is 5.91 Å². The summed E-state index contributed by atoms with van der Waals surface area (Å²) in [5, 5.41) is 9.59. The first kappa shape index (κ1) is 19.5. The van der Waals surface area contributed by atoms with Gasteiger partial charge in [-0.05, 0) is 36.7 Å². The van der Waals surface area contributed by atoms with Gasteiger partial charge in [-0.15, -0.1) is 11.3 Å². The Kier molecular flexibility index (Phi) is 6.98. The summed E-state index contributed by atoms with van der Waals surface area (Å²) in [5.74, 6) is 0.443. The minimum atomic E-state index is -0.229. The summed E-state index contributed by atoms with van der Waals surface area (Å²) < 4.78 is 5.90. The van der Waals surface area contributed by atoms with Gasteiger partial charge in [-0.1, -0.05) is 26.0 Å². The van der Waals surface area contributed by atoms with E-state index in [-0.39, 0.29) is 5.91 Å². The number of nitrogens with zero attached hydrogens (tertiary/aromatic N) is 2. The maximum Gasteiger partial charge on any atom is 0.275 e.